The molecule has 0 aliphatic carbocycles. The third kappa shape index (κ3) is 6.33. The number of benzene rings is 2. The van der Waals surface area contributed by atoms with Crippen molar-refractivity contribution in [1.82, 2.24) is 0 Å². The second-order valence-electron chi connectivity index (χ2n) is 5.43. The Bertz CT molecular complexity index is 785. The van der Waals surface area contributed by atoms with Gasteiger partial charge in [-0.2, -0.15) is 13.2 Å². The molecule has 146 valence electrons. The molecule has 0 bridgehead atoms. The number of ether oxygens (including phenoxy) is 2. The molecule has 0 aliphatic rings. The van der Waals surface area contributed by atoms with E-state index >= 15 is 0 Å². The predicted molar refractivity (Wildman–Crippen MR) is 97.4 cm³/mol. The molecule has 5 nitrogen and oxygen atoms in total. The highest BCUT2D eigenvalue weighted by Crippen LogP contribution is 2.35. The van der Waals surface area contributed by atoms with E-state index in [2.05, 4.69) is 10.6 Å². The van der Waals surface area contributed by atoms with Crippen LogP contribution < -0.4 is 15.4 Å². The van der Waals surface area contributed by atoms with Crippen LogP contribution in [0.1, 0.15) is 5.56 Å². The lowest BCUT2D eigenvalue weighted by Gasteiger charge is -2.16. The summed E-state index contributed by atoms with van der Waals surface area (Å²) < 4.78 is 49.1. The van der Waals surface area contributed by atoms with E-state index in [9.17, 15) is 18.0 Å². The fraction of sp³-hybridized carbons (Fsp3) is 0.278. The summed E-state index contributed by atoms with van der Waals surface area (Å²) in [5.41, 5.74) is -0.433. The van der Waals surface area contributed by atoms with Crippen molar-refractivity contribution in [3.8, 4) is 5.75 Å². The van der Waals surface area contributed by atoms with Gasteiger partial charge in [-0.25, -0.2) is 0 Å². The maximum Gasteiger partial charge on any atom is 0.416 e. The Hall–Kier alpha value is -2.45. The Labute approximate surface area is 159 Å². The monoisotopic (exact) mass is 402 g/mol. The van der Waals surface area contributed by atoms with Gasteiger partial charge in [-0.1, -0.05) is 23.7 Å². The van der Waals surface area contributed by atoms with Crippen LogP contribution in [-0.2, 0) is 15.7 Å². The molecule has 0 spiro atoms. The van der Waals surface area contributed by atoms with Crippen LogP contribution >= 0.6 is 11.6 Å². The smallest absolute Gasteiger partial charge is 0.416 e. The number of alkyl halides is 3. The van der Waals surface area contributed by atoms with Gasteiger partial charge in [-0.3, -0.25) is 4.79 Å². The first-order valence-electron chi connectivity index (χ1n) is 7.92. The van der Waals surface area contributed by atoms with Crippen LogP contribution in [0.5, 0.6) is 5.75 Å². The number of hydrogen-bond acceptors (Lipinski definition) is 4. The fourth-order valence-corrected chi connectivity index (χ4v) is 2.34. The molecule has 0 saturated heterocycles. The minimum Gasteiger partial charge on any atom is -0.489 e. The highest BCUT2D eigenvalue weighted by atomic mass is 35.5. The van der Waals surface area contributed by atoms with E-state index in [1.165, 1.54) is 7.11 Å². The lowest BCUT2D eigenvalue weighted by atomic mass is 10.1. The van der Waals surface area contributed by atoms with Crippen molar-refractivity contribution in [1.29, 1.82) is 0 Å². The highest BCUT2D eigenvalue weighted by molar-refractivity contribution is 6.33. The van der Waals surface area contributed by atoms with Crippen LogP contribution in [0.3, 0.4) is 0 Å². The number of amides is 1. The Kier molecular flexibility index (Phi) is 7.32. The van der Waals surface area contributed by atoms with E-state index in [4.69, 9.17) is 21.1 Å². The first-order chi connectivity index (χ1) is 12.8. The average molecular weight is 403 g/mol. The van der Waals surface area contributed by atoms with Crippen molar-refractivity contribution in [2.45, 2.75) is 6.18 Å². The van der Waals surface area contributed by atoms with Gasteiger partial charge in [-0.05, 0) is 30.3 Å². The summed E-state index contributed by atoms with van der Waals surface area (Å²) in [6, 6.07) is 9.68. The van der Waals surface area contributed by atoms with Gasteiger partial charge in [-0.15, -0.1) is 0 Å². The minimum absolute atomic E-state index is 0.0770. The van der Waals surface area contributed by atoms with Crippen molar-refractivity contribution < 1.29 is 27.4 Å². The molecule has 1 amide bonds. The molecule has 2 N–H and O–H groups in total. The quantitative estimate of drug-likeness (QED) is 0.641. The summed E-state index contributed by atoms with van der Waals surface area (Å²) in [4.78, 5) is 12.2. The van der Waals surface area contributed by atoms with E-state index in [1.807, 2.05) is 0 Å². The molecule has 2 aromatic carbocycles. The summed E-state index contributed by atoms with van der Waals surface area (Å²) in [6.45, 7) is 0.197. The average Bonchev–Trinajstić information content (AvgIpc) is 2.61. The molecule has 0 aromatic heterocycles. The molecular formula is C18H18ClF3N2O3. The zero-order valence-electron chi connectivity index (χ0n) is 14.4. The summed E-state index contributed by atoms with van der Waals surface area (Å²) in [5, 5.41) is 5.68. The molecule has 0 heterocycles. The van der Waals surface area contributed by atoms with Gasteiger partial charge in [0.25, 0.3) is 0 Å². The largest absolute Gasteiger partial charge is 0.489 e. The van der Waals surface area contributed by atoms with Crippen LogP contribution in [0.2, 0.25) is 5.02 Å². The molecule has 27 heavy (non-hydrogen) atoms. The van der Waals surface area contributed by atoms with Gasteiger partial charge < -0.3 is 20.1 Å². The molecule has 2 aromatic rings. The van der Waals surface area contributed by atoms with Gasteiger partial charge in [0.1, 0.15) is 12.4 Å². The third-order valence-corrected chi connectivity index (χ3v) is 3.77. The lowest BCUT2D eigenvalue weighted by Crippen LogP contribution is -2.22. The number of hydrogen-bond donors (Lipinski definition) is 2. The Balaban J connectivity index is 2.11. The number of halogens is 4. The first-order valence-corrected chi connectivity index (χ1v) is 8.30. The molecule has 0 radical (unpaired) electrons. The van der Waals surface area contributed by atoms with Crippen LogP contribution in [0.25, 0.3) is 0 Å². The number of carbonyl (C=O) groups excluding carboxylic acids is 1. The van der Waals surface area contributed by atoms with E-state index < -0.39 is 17.6 Å². The topological polar surface area (TPSA) is 59.6 Å². The minimum atomic E-state index is -4.54. The summed E-state index contributed by atoms with van der Waals surface area (Å²) >= 11 is 5.98. The number of para-hydroxylation sites is 1. The van der Waals surface area contributed by atoms with Crippen molar-refractivity contribution in [2.75, 3.05) is 37.5 Å². The molecule has 2 rings (SSSR count). The SMILES string of the molecule is COCCOc1ccc(C(F)(F)F)cc1NC(=O)CNc1ccccc1Cl. The van der Waals surface area contributed by atoms with E-state index in [1.54, 1.807) is 24.3 Å². The number of nitrogens with one attached hydrogen (secondary N) is 2. The van der Waals surface area contributed by atoms with Gasteiger partial charge in [0, 0.05) is 7.11 Å². The second-order valence-corrected chi connectivity index (χ2v) is 5.84. The summed E-state index contributed by atoms with van der Waals surface area (Å²) in [5.74, 6) is -0.433. The molecule has 0 fully saturated rings. The van der Waals surface area contributed by atoms with Crippen LogP contribution in [0, 0.1) is 0 Å². The molecule has 0 unspecified atom stereocenters. The second kappa shape index (κ2) is 9.48. The van der Waals surface area contributed by atoms with E-state index in [-0.39, 0.29) is 31.2 Å². The van der Waals surface area contributed by atoms with Crippen LogP contribution in [0.4, 0.5) is 24.5 Å². The predicted octanol–water partition coefficient (Wildman–Crippen LogP) is 4.43. The first kappa shape index (κ1) is 20.9. The van der Waals surface area contributed by atoms with Gasteiger partial charge in [0.15, 0.2) is 0 Å². The van der Waals surface area contributed by atoms with Crippen LogP contribution in [-0.4, -0.2) is 32.8 Å². The normalized spacial score (nSPS) is 11.1. The fourth-order valence-electron chi connectivity index (χ4n) is 2.14. The molecule has 0 atom stereocenters. The van der Waals surface area contributed by atoms with Gasteiger partial charge >= 0.3 is 6.18 Å². The Morgan fingerprint density at radius 1 is 1.11 bits per heavy atom. The molecule has 0 aliphatic heterocycles. The summed E-state index contributed by atoms with van der Waals surface area (Å²) in [7, 11) is 1.47. The maximum absolute atomic E-state index is 13.0. The van der Waals surface area contributed by atoms with Gasteiger partial charge in [0.2, 0.25) is 5.91 Å². The Morgan fingerprint density at radius 2 is 1.85 bits per heavy atom. The summed E-state index contributed by atoms with van der Waals surface area (Å²) in [6.07, 6.45) is -4.54. The molecule has 9 heteroatoms. The number of carbonyl (C=O) groups is 1. The number of anilines is 2. The van der Waals surface area contributed by atoms with Gasteiger partial charge in [0.05, 0.1) is 35.1 Å². The molecule has 0 saturated carbocycles. The van der Waals surface area contributed by atoms with Crippen LogP contribution in [0.15, 0.2) is 42.5 Å². The van der Waals surface area contributed by atoms with Crippen molar-refractivity contribution >= 4 is 28.9 Å². The number of methoxy groups -OCH3 is 1. The maximum atomic E-state index is 13.0. The number of rotatable bonds is 8. The Morgan fingerprint density at radius 3 is 2.52 bits per heavy atom. The zero-order chi connectivity index (χ0) is 19.9. The van der Waals surface area contributed by atoms with E-state index in [0.29, 0.717) is 10.7 Å². The molecular weight excluding hydrogens is 385 g/mol. The third-order valence-electron chi connectivity index (χ3n) is 3.44. The van der Waals surface area contributed by atoms with Crippen molar-refractivity contribution in [3.63, 3.8) is 0 Å². The highest BCUT2D eigenvalue weighted by Gasteiger charge is 2.31. The standard InChI is InChI=1S/C18H18ClF3N2O3/c1-26-8-9-27-16-7-6-12(18(20,21)22)10-15(16)24-17(25)11-23-14-5-3-2-4-13(14)19/h2-7,10,23H,8-9,11H2,1H3,(H,24,25). The van der Waals surface area contributed by atoms with E-state index in [0.717, 1.165) is 18.2 Å². The van der Waals surface area contributed by atoms with Crippen molar-refractivity contribution in [3.05, 3.63) is 53.1 Å². The van der Waals surface area contributed by atoms with Crippen molar-refractivity contribution in [2.24, 2.45) is 0 Å². The zero-order valence-corrected chi connectivity index (χ0v) is 15.2. The lowest BCUT2D eigenvalue weighted by molar-refractivity contribution is -0.137.